The second-order valence-corrected chi connectivity index (χ2v) is 12.0. The number of amides is 2. The minimum absolute atomic E-state index is 0.0202. The summed E-state index contributed by atoms with van der Waals surface area (Å²) in [6, 6.07) is 0. The number of likely N-dealkylation sites (N-methyl/N-ethyl adjacent to an activating group) is 1. The molecule has 0 rings (SSSR count). The number of carbonyl (C=O) groups excluding carboxylic acids is 4. The van der Waals surface area contributed by atoms with Crippen LogP contribution in [0.15, 0.2) is 12.2 Å². The molecule has 0 aromatic heterocycles. The lowest BCUT2D eigenvalue weighted by Crippen LogP contribution is -2.38. The number of carbonyl (C=O) groups is 4. The van der Waals surface area contributed by atoms with Crippen molar-refractivity contribution in [2.75, 3.05) is 47.4 Å². The zero-order valence-corrected chi connectivity index (χ0v) is 27.1. The average Bonchev–Trinajstić information content (AvgIpc) is 2.90. The van der Waals surface area contributed by atoms with Crippen molar-refractivity contribution in [2.24, 2.45) is 0 Å². The summed E-state index contributed by atoms with van der Waals surface area (Å²) in [4.78, 5) is 46.9. The molecule has 0 spiro atoms. The van der Waals surface area contributed by atoms with E-state index in [0.29, 0.717) is 49.9 Å². The van der Waals surface area contributed by atoms with E-state index in [2.05, 4.69) is 23.6 Å². The molecule has 0 aliphatic heterocycles. The van der Waals surface area contributed by atoms with E-state index in [9.17, 15) is 24.3 Å². The van der Waals surface area contributed by atoms with Gasteiger partial charge in [-0.3, -0.25) is 19.2 Å². The minimum atomic E-state index is -0.757. The number of nitrogens with one attached hydrogen (secondary N) is 2. The van der Waals surface area contributed by atoms with E-state index in [1.165, 1.54) is 6.92 Å². The fourth-order valence-electron chi connectivity index (χ4n) is 4.15. The van der Waals surface area contributed by atoms with Crippen molar-refractivity contribution in [1.82, 2.24) is 10.6 Å². The highest BCUT2D eigenvalue weighted by atomic mass is 16.6. The molecule has 0 aromatic rings. The molecular weight excluding hydrogens is 538 g/mol. The molecular formula is C32H60N3O7+. The lowest BCUT2D eigenvalue weighted by molar-refractivity contribution is -0.870. The summed E-state index contributed by atoms with van der Waals surface area (Å²) in [7, 11) is 6.09. The van der Waals surface area contributed by atoms with Crippen LogP contribution in [-0.4, -0.2) is 92.9 Å². The van der Waals surface area contributed by atoms with Crippen molar-refractivity contribution in [3.8, 4) is 0 Å². The van der Waals surface area contributed by atoms with Crippen molar-refractivity contribution in [2.45, 2.75) is 122 Å². The highest BCUT2D eigenvalue weighted by Gasteiger charge is 2.22. The van der Waals surface area contributed by atoms with Crippen LogP contribution < -0.4 is 10.6 Å². The molecule has 2 amide bonds. The molecule has 0 bridgehead atoms. The smallest absolute Gasteiger partial charge is 0.306 e. The van der Waals surface area contributed by atoms with Gasteiger partial charge in [-0.25, -0.2) is 0 Å². The van der Waals surface area contributed by atoms with Crippen LogP contribution in [0.4, 0.5) is 0 Å². The van der Waals surface area contributed by atoms with E-state index < -0.39 is 12.2 Å². The Bertz CT molecular complexity index is 781. The standard InChI is InChI=1S/C32H59N3O7/c1-6-7-14-19-29(42-32(40)22-17-21-31(39)41-26-25-35(3,4)5)28(37)18-15-12-10-8-9-11-13-16-20-30(38)34-24-23-33-27(2)36/h12,15,28-29,37H,6-11,13-14,16-26H2,1-5H3,(H-,33,34,36,38)/p+1/b15-12-. The predicted molar refractivity (Wildman–Crippen MR) is 166 cm³/mol. The van der Waals surface area contributed by atoms with Gasteiger partial charge in [0.1, 0.15) is 19.3 Å². The third-order valence-corrected chi connectivity index (χ3v) is 6.73. The molecule has 10 heteroatoms. The van der Waals surface area contributed by atoms with Crippen LogP contribution in [0.5, 0.6) is 0 Å². The van der Waals surface area contributed by atoms with Crippen LogP contribution in [0.3, 0.4) is 0 Å². The summed E-state index contributed by atoms with van der Waals surface area (Å²) in [5.41, 5.74) is 0. The Morgan fingerprint density at radius 1 is 0.810 bits per heavy atom. The van der Waals surface area contributed by atoms with E-state index in [4.69, 9.17) is 9.47 Å². The topological polar surface area (TPSA) is 131 Å². The van der Waals surface area contributed by atoms with E-state index in [0.717, 1.165) is 64.3 Å². The zero-order chi connectivity index (χ0) is 31.6. The SMILES string of the molecule is CCCCCC(OC(=O)CCCC(=O)OCC[N+](C)(C)C)C(O)C/C=C\CCCCCCCC(=O)NCCNC(C)=O. The van der Waals surface area contributed by atoms with Crippen molar-refractivity contribution < 1.29 is 38.2 Å². The molecule has 244 valence electrons. The molecule has 0 aliphatic carbocycles. The van der Waals surface area contributed by atoms with Gasteiger partial charge in [-0.2, -0.15) is 0 Å². The number of unbranched alkanes of at least 4 members (excludes halogenated alkanes) is 7. The van der Waals surface area contributed by atoms with Gasteiger partial charge in [0, 0.05) is 39.3 Å². The van der Waals surface area contributed by atoms with E-state index >= 15 is 0 Å². The van der Waals surface area contributed by atoms with Crippen LogP contribution in [0.1, 0.15) is 110 Å². The molecule has 0 saturated carbocycles. The average molecular weight is 599 g/mol. The lowest BCUT2D eigenvalue weighted by atomic mass is 10.0. The van der Waals surface area contributed by atoms with Crippen molar-refractivity contribution in [1.29, 1.82) is 0 Å². The van der Waals surface area contributed by atoms with Crippen LogP contribution in [0, 0.1) is 0 Å². The van der Waals surface area contributed by atoms with Gasteiger partial charge in [-0.15, -0.1) is 0 Å². The maximum Gasteiger partial charge on any atom is 0.306 e. The third-order valence-electron chi connectivity index (χ3n) is 6.73. The Morgan fingerprint density at radius 3 is 2.17 bits per heavy atom. The third kappa shape index (κ3) is 26.4. The molecule has 0 radical (unpaired) electrons. The molecule has 0 aliphatic rings. The van der Waals surface area contributed by atoms with Gasteiger partial charge >= 0.3 is 11.9 Å². The summed E-state index contributed by atoms with van der Waals surface area (Å²) in [5, 5.41) is 16.2. The van der Waals surface area contributed by atoms with Crippen LogP contribution in [0.25, 0.3) is 0 Å². The molecule has 0 fully saturated rings. The fourth-order valence-corrected chi connectivity index (χ4v) is 4.15. The highest BCUT2D eigenvalue weighted by Crippen LogP contribution is 2.16. The predicted octanol–water partition coefficient (Wildman–Crippen LogP) is 4.19. The number of aliphatic hydroxyl groups excluding tert-OH is 1. The molecule has 0 saturated heterocycles. The first-order valence-corrected chi connectivity index (χ1v) is 15.9. The van der Waals surface area contributed by atoms with Gasteiger partial charge in [0.05, 0.1) is 27.2 Å². The second kappa shape index (κ2) is 25.1. The number of aliphatic hydroxyl groups is 1. The maximum absolute atomic E-state index is 12.4. The molecule has 3 N–H and O–H groups in total. The second-order valence-electron chi connectivity index (χ2n) is 12.0. The zero-order valence-electron chi connectivity index (χ0n) is 27.1. The van der Waals surface area contributed by atoms with Gasteiger partial charge in [0.25, 0.3) is 0 Å². The number of allylic oxidation sites excluding steroid dienone is 1. The molecule has 2 unspecified atom stereocenters. The van der Waals surface area contributed by atoms with E-state index in [-0.39, 0.29) is 36.6 Å². The minimum Gasteiger partial charge on any atom is -0.460 e. The number of esters is 2. The van der Waals surface area contributed by atoms with Crippen LogP contribution >= 0.6 is 0 Å². The number of hydrogen-bond acceptors (Lipinski definition) is 7. The number of hydrogen-bond donors (Lipinski definition) is 3. The molecule has 0 heterocycles. The van der Waals surface area contributed by atoms with Crippen LogP contribution in [0.2, 0.25) is 0 Å². The van der Waals surface area contributed by atoms with Gasteiger partial charge in [0.15, 0.2) is 0 Å². The first-order chi connectivity index (χ1) is 19.9. The highest BCUT2D eigenvalue weighted by molar-refractivity contribution is 5.76. The Balaban J connectivity index is 4.15. The van der Waals surface area contributed by atoms with Gasteiger partial charge in [-0.1, -0.05) is 51.2 Å². The summed E-state index contributed by atoms with van der Waals surface area (Å²) >= 11 is 0. The molecule has 2 atom stereocenters. The quantitative estimate of drug-likeness (QED) is 0.0589. The van der Waals surface area contributed by atoms with E-state index in [1.807, 2.05) is 27.2 Å². The number of quaternary nitrogens is 1. The molecule has 0 aromatic carbocycles. The number of rotatable bonds is 26. The van der Waals surface area contributed by atoms with Gasteiger partial charge in [-0.05, 0) is 44.9 Å². The Kier molecular flexibility index (Phi) is 23.6. The van der Waals surface area contributed by atoms with Gasteiger partial charge < -0.3 is 29.7 Å². The summed E-state index contributed by atoms with van der Waals surface area (Å²) in [6.07, 6.45) is 13.9. The first-order valence-electron chi connectivity index (χ1n) is 15.9. The monoisotopic (exact) mass is 598 g/mol. The van der Waals surface area contributed by atoms with Crippen molar-refractivity contribution in [3.05, 3.63) is 12.2 Å². The van der Waals surface area contributed by atoms with Crippen LogP contribution in [-0.2, 0) is 28.7 Å². The molecule has 42 heavy (non-hydrogen) atoms. The Morgan fingerprint density at radius 2 is 1.48 bits per heavy atom. The van der Waals surface area contributed by atoms with Crippen molar-refractivity contribution >= 4 is 23.8 Å². The largest absolute Gasteiger partial charge is 0.460 e. The number of nitrogens with zero attached hydrogens (tertiary/aromatic N) is 1. The summed E-state index contributed by atoms with van der Waals surface area (Å²) < 4.78 is 11.6. The summed E-state index contributed by atoms with van der Waals surface area (Å²) in [6.45, 7) is 5.55. The Hall–Kier alpha value is -2.46. The maximum atomic E-state index is 12.4. The van der Waals surface area contributed by atoms with Crippen molar-refractivity contribution in [3.63, 3.8) is 0 Å². The summed E-state index contributed by atoms with van der Waals surface area (Å²) in [5.74, 6) is -0.772. The first kappa shape index (κ1) is 39.5. The van der Waals surface area contributed by atoms with Gasteiger partial charge in [0.2, 0.25) is 11.8 Å². The normalized spacial score (nSPS) is 13.0. The van der Waals surface area contributed by atoms with E-state index in [1.54, 1.807) is 0 Å². The lowest BCUT2D eigenvalue weighted by Gasteiger charge is -2.23. The molecule has 10 nitrogen and oxygen atoms in total. The fraction of sp³-hybridized carbons (Fsp3) is 0.812. The number of ether oxygens (including phenoxy) is 2. The Labute approximate surface area is 254 Å².